The Labute approximate surface area is 124 Å². The van der Waals surface area contributed by atoms with Gasteiger partial charge in [-0.15, -0.1) is 0 Å². The molecule has 0 spiro atoms. The molecule has 2 saturated heterocycles. The van der Waals surface area contributed by atoms with Crippen molar-refractivity contribution in [1.82, 2.24) is 4.90 Å². The summed E-state index contributed by atoms with van der Waals surface area (Å²) in [7, 11) is 3.30. The lowest BCUT2D eigenvalue weighted by molar-refractivity contribution is -0.196. The average Bonchev–Trinajstić information content (AvgIpc) is 2.94. The van der Waals surface area contributed by atoms with Crippen LogP contribution in [-0.4, -0.2) is 62.2 Å². The summed E-state index contributed by atoms with van der Waals surface area (Å²) < 4.78 is 23.0. The lowest BCUT2D eigenvalue weighted by atomic mass is 10.00. The molecule has 116 valence electrons. The zero-order valence-corrected chi connectivity index (χ0v) is 12.5. The smallest absolute Gasteiger partial charge is 0.165 e. The van der Waals surface area contributed by atoms with Crippen LogP contribution in [0.5, 0.6) is 0 Å². The number of amidine groups is 1. The Bertz CT molecular complexity index is 518. The number of aliphatic imine (C=N–C) groups is 1. The number of methoxy groups -OCH3 is 2. The molecule has 21 heavy (non-hydrogen) atoms. The van der Waals surface area contributed by atoms with E-state index in [2.05, 4.69) is 11.6 Å². The highest BCUT2D eigenvalue weighted by Crippen LogP contribution is 2.44. The standard InChI is InChI=1S/C14H21N3O4/c1-8-5-17(9(2)16-12(8)15)13-10-11(19-4)14(21-13,6-18-3)7-20-10/h5,10-11,13H,2,6-7H2,1,3-4H3,(H2,15,16)/t10?,11?,13-,14+/m1/s1. The highest BCUT2D eigenvalue weighted by Gasteiger charge is 2.63. The van der Waals surface area contributed by atoms with E-state index in [1.165, 1.54) is 0 Å². The van der Waals surface area contributed by atoms with Crippen LogP contribution in [0.3, 0.4) is 0 Å². The number of ether oxygens (including phenoxy) is 4. The first-order valence-electron chi connectivity index (χ1n) is 6.84. The molecule has 0 aliphatic carbocycles. The van der Waals surface area contributed by atoms with E-state index in [0.29, 0.717) is 24.9 Å². The molecule has 2 bridgehead atoms. The molecule has 2 fully saturated rings. The van der Waals surface area contributed by atoms with Crippen molar-refractivity contribution >= 4 is 5.84 Å². The van der Waals surface area contributed by atoms with Gasteiger partial charge >= 0.3 is 0 Å². The van der Waals surface area contributed by atoms with Gasteiger partial charge in [-0.1, -0.05) is 6.58 Å². The summed E-state index contributed by atoms with van der Waals surface area (Å²) in [5.74, 6) is 0.997. The van der Waals surface area contributed by atoms with Crippen molar-refractivity contribution < 1.29 is 18.9 Å². The van der Waals surface area contributed by atoms with E-state index >= 15 is 0 Å². The lowest BCUT2D eigenvalue weighted by Crippen LogP contribution is -2.48. The van der Waals surface area contributed by atoms with Gasteiger partial charge in [-0.3, -0.25) is 0 Å². The topological polar surface area (TPSA) is 78.5 Å². The Kier molecular flexibility index (Phi) is 3.53. The Morgan fingerprint density at radius 3 is 3.00 bits per heavy atom. The van der Waals surface area contributed by atoms with E-state index in [4.69, 9.17) is 24.7 Å². The van der Waals surface area contributed by atoms with Crippen molar-refractivity contribution in [2.75, 3.05) is 27.4 Å². The fourth-order valence-electron chi connectivity index (χ4n) is 3.17. The third-order valence-corrected chi connectivity index (χ3v) is 4.17. The van der Waals surface area contributed by atoms with Gasteiger partial charge in [0.2, 0.25) is 0 Å². The second-order valence-corrected chi connectivity index (χ2v) is 5.57. The van der Waals surface area contributed by atoms with Crippen LogP contribution in [-0.2, 0) is 18.9 Å². The first-order valence-corrected chi connectivity index (χ1v) is 6.84. The fraction of sp³-hybridized carbons (Fsp3) is 0.643. The molecule has 0 aromatic heterocycles. The van der Waals surface area contributed by atoms with E-state index in [1.54, 1.807) is 14.2 Å². The van der Waals surface area contributed by atoms with Crippen LogP contribution >= 0.6 is 0 Å². The Morgan fingerprint density at radius 2 is 2.33 bits per heavy atom. The lowest BCUT2D eigenvalue weighted by Gasteiger charge is -2.37. The molecule has 0 aromatic carbocycles. The van der Waals surface area contributed by atoms with Crippen LogP contribution in [0.2, 0.25) is 0 Å². The van der Waals surface area contributed by atoms with E-state index in [-0.39, 0.29) is 18.4 Å². The van der Waals surface area contributed by atoms with Gasteiger partial charge in [-0.25, -0.2) is 4.99 Å². The summed E-state index contributed by atoms with van der Waals surface area (Å²) in [5, 5.41) is 0. The summed E-state index contributed by atoms with van der Waals surface area (Å²) in [6.07, 6.45) is 1.12. The summed E-state index contributed by atoms with van der Waals surface area (Å²) in [4.78, 5) is 6.09. The molecule has 0 amide bonds. The first-order chi connectivity index (χ1) is 10.0. The van der Waals surface area contributed by atoms with Crippen molar-refractivity contribution in [2.24, 2.45) is 10.7 Å². The number of rotatable bonds is 4. The van der Waals surface area contributed by atoms with E-state index in [0.717, 1.165) is 5.57 Å². The SMILES string of the molecule is C=C1N=C(N)C(C)=CN1[C@@H]1O[C@@]2(COC)COC1C2OC. The molecule has 0 radical (unpaired) electrons. The largest absolute Gasteiger partial charge is 0.383 e. The minimum atomic E-state index is -0.590. The first kappa shape index (κ1) is 14.5. The molecule has 3 heterocycles. The van der Waals surface area contributed by atoms with E-state index in [9.17, 15) is 0 Å². The van der Waals surface area contributed by atoms with Gasteiger partial charge in [0.15, 0.2) is 6.23 Å². The van der Waals surface area contributed by atoms with Gasteiger partial charge in [0.25, 0.3) is 0 Å². The molecular weight excluding hydrogens is 274 g/mol. The maximum Gasteiger partial charge on any atom is 0.165 e. The molecule has 0 aromatic rings. The number of hydrogen-bond acceptors (Lipinski definition) is 7. The summed E-state index contributed by atoms with van der Waals surface area (Å²) in [5.41, 5.74) is 6.08. The van der Waals surface area contributed by atoms with Crippen molar-refractivity contribution in [1.29, 1.82) is 0 Å². The van der Waals surface area contributed by atoms with Crippen molar-refractivity contribution in [3.05, 3.63) is 24.2 Å². The van der Waals surface area contributed by atoms with Crippen molar-refractivity contribution in [2.45, 2.75) is 31.0 Å². The fourth-order valence-corrected chi connectivity index (χ4v) is 3.17. The predicted octanol–water partition coefficient (Wildman–Crippen LogP) is 0.190. The Hall–Kier alpha value is -1.41. The highest BCUT2D eigenvalue weighted by molar-refractivity contribution is 5.97. The molecule has 7 heteroatoms. The summed E-state index contributed by atoms with van der Waals surface area (Å²) in [6.45, 7) is 6.69. The third kappa shape index (κ3) is 2.08. The molecule has 4 atom stereocenters. The second kappa shape index (κ2) is 5.10. The van der Waals surface area contributed by atoms with Crippen molar-refractivity contribution in [3.63, 3.8) is 0 Å². The van der Waals surface area contributed by atoms with Gasteiger partial charge in [-0.2, -0.15) is 0 Å². The molecular formula is C14H21N3O4. The zero-order chi connectivity index (χ0) is 15.2. The van der Waals surface area contributed by atoms with Crippen molar-refractivity contribution in [3.8, 4) is 0 Å². The van der Waals surface area contributed by atoms with Gasteiger partial charge < -0.3 is 29.6 Å². The quantitative estimate of drug-likeness (QED) is 0.797. The minimum absolute atomic E-state index is 0.188. The average molecular weight is 295 g/mol. The number of fused-ring (bicyclic) bond motifs is 2. The number of nitrogens with zero attached hydrogens (tertiary/aromatic N) is 2. The summed E-state index contributed by atoms with van der Waals surface area (Å²) in [6, 6.07) is 0. The molecule has 3 aliphatic rings. The summed E-state index contributed by atoms with van der Waals surface area (Å²) >= 11 is 0. The van der Waals surface area contributed by atoms with Crippen LogP contribution < -0.4 is 5.73 Å². The molecule has 0 saturated carbocycles. The molecule has 3 aliphatic heterocycles. The number of nitrogens with two attached hydrogens (primary N) is 1. The monoisotopic (exact) mass is 295 g/mol. The minimum Gasteiger partial charge on any atom is -0.383 e. The van der Waals surface area contributed by atoms with E-state index in [1.807, 2.05) is 18.0 Å². The zero-order valence-electron chi connectivity index (χ0n) is 12.5. The van der Waals surface area contributed by atoms with Crippen LogP contribution in [0.1, 0.15) is 6.92 Å². The third-order valence-electron chi connectivity index (χ3n) is 4.17. The second-order valence-electron chi connectivity index (χ2n) is 5.57. The molecule has 3 rings (SSSR count). The van der Waals surface area contributed by atoms with Gasteiger partial charge in [0.05, 0.1) is 13.2 Å². The Balaban J connectivity index is 1.87. The van der Waals surface area contributed by atoms with E-state index < -0.39 is 5.60 Å². The molecule has 2 unspecified atom stereocenters. The maximum absolute atomic E-state index is 6.22. The molecule has 7 nitrogen and oxygen atoms in total. The van der Waals surface area contributed by atoms with Gasteiger partial charge in [0.1, 0.15) is 29.5 Å². The van der Waals surface area contributed by atoms with Crippen LogP contribution in [0.4, 0.5) is 0 Å². The Morgan fingerprint density at radius 1 is 1.57 bits per heavy atom. The van der Waals surface area contributed by atoms with Crippen LogP contribution in [0.15, 0.2) is 29.2 Å². The van der Waals surface area contributed by atoms with Crippen LogP contribution in [0.25, 0.3) is 0 Å². The highest BCUT2D eigenvalue weighted by atomic mass is 16.7. The number of hydrogen-bond donors (Lipinski definition) is 1. The molecule has 2 N–H and O–H groups in total. The normalized spacial score (nSPS) is 38.7. The van der Waals surface area contributed by atoms with Gasteiger partial charge in [0, 0.05) is 26.0 Å². The predicted molar refractivity (Wildman–Crippen MR) is 76.4 cm³/mol. The maximum atomic E-state index is 6.22. The van der Waals surface area contributed by atoms with Gasteiger partial charge in [-0.05, 0) is 6.92 Å². The van der Waals surface area contributed by atoms with Crippen LogP contribution in [0, 0.1) is 0 Å².